The fraction of sp³-hybridized carbons (Fsp3) is 0.429. The maximum Gasteiger partial charge on any atom is 0.407 e. The lowest BCUT2D eigenvalue weighted by atomic mass is 10.1. The Hall–Kier alpha value is -2.08. The van der Waals surface area contributed by atoms with Crippen LogP contribution in [-0.2, 0) is 9.53 Å². The van der Waals surface area contributed by atoms with Crippen molar-refractivity contribution in [1.29, 1.82) is 0 Å². The topological polar surface area (TPSA) is 78.9 Å². The molecule has 6 nitrogen and oxygen atoms in total. The van der Waals surface area contributed by atoms with Crippen LogP contribution in [0.5, 0.6) is 0 Å². The molecule has 0 spiro atoms. The summed E-state index contributed by atoms with van der Waals surface area (Å²) in [6.07, 6.45) is 0.231. The van der Waals surface area contributed by atoms with Crippen LogP contribution in [0.15, 0.2) is 30.3 Å². The first kappa shape index (κ1) is 14.3. The van der Waals surface area contributed by atoms with E-state index in [0.29, 0.717) is 19.5 Å². The second-order valence-electron chi connectivity index (χ2n) is 4.77. The third-order valence-corrected chi connectivity index (χ3v) is 3.44. The number of amides is 1. The molecule has 1 heterocycles. The van der Waals surface area contributed by atoms with Crippen molar-refractivity contribution in [2.75, 3.05) is 20.2 Å². The minimum Gasteiger partial charge on any atom is -0.480 e. The van der Waals surface area contributed by atoms with Crippen LogP contribution in [0.2, 0.25) is 0 Å². The van der Waals surface area contributed by atoms with Crippen molar-refractivity contribution in [2.24, 2.45) is 0 Å². The molecular formula is C14H18N2O4. The van der Waals surface area contributed by atoms with E-state index in [1.165, 1.54) is 7.11 Å². The number of benzene rings is 1. The molecule has 1 aromatic rings. The zero-order valence-electron chi connectivity index (χ0n) is 11.3. The Kier molecular flexibility index (Phi) is 4.57. The predicted octanol–water partition coefficient (Wildman–Crippen LogP) is 1.24. The van der Waals surface area contributed by atoms with E-state index in [9.17, 15) is 14.7 Å². The number of hydrogen-bond donors (Lipinski definition) is 2. The standard InChI is InChI=1S/C14H18N2O4/c1-20-14(19)15-11-7-8-16(9-11)12(13(17)18)10-5-3-2-4-6-10/h2-6,11-12H,7-9H2,1H3,(H,15,19)(H,17,18). The summed E-state index contributed by atoms with van der Waals surface area (Å²) in [5.74, 6) is -0.880. The molecule has 6 heteroatoms. The molecule has 20 heavy (non-hydrogen) atoms. The van der Waals surface area contributed by atoms with Crippen LogP contribution in [0, 0.1) is 0 Å². The highest BCUT2D eigenvalue weighted by molar-refractivity contribution is 5.75. The van der Waals surface area contributed by atoms with Crippen LogP contribution in [0.25, 0.3) is 0 Å². The molecule has 108 valence electrons. The van der Waals surface area contributed by atoms with Gasteiger partial charge in [-0.05, 0) is 12.0 Å². The second kappa shape index (κ2) is 6.38. The first-order chi connectivity index (χ1) is 9.61. The average Bonchev–Trinajstić information content (AvgIpc) is 2.87. The monoisotopic (exact) mass is 278 g/mol. The molecular weight excluding hydrogens is 260 g/mol. The van der Waals surface area contributed by atoms with Crippen molar-refractivity contribution in [3.63, 3.8) is 0 Å². The number of likely N-dealkylation sites (tertiary alicyclic amines) is 1. The van der Waals surface area contributed by atoms with E-state index in [2.05, 4.69) is 10.1 Å². The summed E-state index contributed by atoms with van der Waals surface area (Å²) in [6, 6.07) is 8.36. The summed E-state index contributed by atoms with van der Waals surface area (Å²) < 4.78 is 4.56. The van der Waals surface area contributed by atoms with Crippen LogP contribution in [0.3, 0.4) is 0 Å². The number of rotatable bonds is 4. The number of nitrogens with one attached hydrogen (secondary N) is 1. The number of carbonyl (C=O) groups is 2. The molecule has 1 aromatic carbocycles. The summed E-state index contributed by atoms with van der Waals surface area (Å²) in [5.41, 5.74) is 0.749. The van der Waals surface area contributed by atoms with E-state index < -0.39 is 18.1 Å². The van der Waals surface area contributed by atoms with Crippen molar-refractivity contribution in [3.05, 3.63) is 35.9 Å². The fourth-order valence-electron chi connectivity index (χ4n) is 2.51. The maximum absolute atomic E-state index is 11.5. The summed E-state index contributed by atoms with van der Waals surface area (Å²) >= 11 is 0. The van der Waals surface area contributed by atoms with Gasteiger partial charge >= 0.3 is 12.1 Å². The van der Waals surface area contributed by atoms with Gasteiger partial charge in [-0.3, -0.25) is 9.69 Å². The molecule has 1 saturated heterocycles. The maximum atomic E-state index is 11.5. The number of ether oxygens (including phenoxy) is 1. The van der Waals surface area contributed by atoms with Gasteiger partial charge in [-0.2, -0.15) is 0 Å². The third kappa shape index (κ3) is 3.27. The zero-order valence-corrected chi connectivity index (χ0v) is 11.3. The Labute approximate surface area is 117 Å². The Morgan fingerprint density at radius 3 is 2.70 bits per heavy atom. The molecule has 0 bridgehead atoms. The van der Waals surface area contributed by atoms with Gasteiger partial charge in [0.15, 0.2) is 0 Å². The van der Waals surface area contributed by atoms with Crippen LogP contribution < -0.4 is 5.32 Å². The molecule has 1 aliphatic rings. The Balaban J connectivity index is 2.06. The second-order valence-corrected chi connectivity index (χ2v) is 4.77. The van der Waals surface area contributed by atoms with Crippen LogP contribution in [0.1, 0.15) is 18.0 Å². The van der Waals surface area contributed by atoms with Gasteiger partial charge in [0.25, 0.3) is 0 Å². The number of nitrogens with zero attached hydrogens (tertiary/aromatic N) is 1. The number of alkyl carbamates (subject to hydrolysis) is 1. The fourth-order valence-corrected chi connectivity index (χ4v) is 2.51. The Morgan fingerprint density at radius 2 is 2.10 bits per heavy atom. The van der Waals surface area contributed by atoms with E-state index in [1.807, 2.05) is 23.1 Å². The smallest absolute Gasteiger partial charge is 0.407 e. The van der Waals surface area contributed by atoms with E-state index in [1.54, 1.807) is 12.1 Å². The molecule has 1 aliphatic heterocycles. The van der Waals surface area contributed by atoms with Crippen molar-refractivity contribution in [3.8, 4) is 0 Å². The van der Waals surface area contributed by atoms with Gasteiger partial charge in [0.2, 0.25) is 0 Å². The van der Waals surface area contributed by atoms with Crippen molar-refractivity contribution in [1.82, 2.24) is 10.2 Å². The first-order valence-electron chi connectivity index (χ1n) is 6.48. The van der Waals surface area contributed by atoms with Crippen molar-refractivity contribution < 1.29 is 19.4 Å². The average molecular weight is 278 g/mol. The molecule has 1 amide bonds. The van der Waals surface area contributed by atoms with Gasteiger partial charge in [0.05, 0.1) is 7.11 Å². The predicted molar refractivity (Wildman–Crippen MR) is 72.3 cm³/mol. The van der Waals surface area contributed by atoms with Crippen LogP contribution >= 0.6 is 0 Å². The lowest BCUT2D eigenvalue weighted by molar-refractivity contribution is -0.143. The number of carbonyl (C=O) groups excluding carboxylic acids is 1. The summed E-state index contributed by atoms with van der Waals surface area (Å²) in [4.78, 5) is 24.6. The molecule has 0 aromatic heterocycles. The number of carboxylic acids is 1. The SMILES string of the molecule is COC(=O)NC1CCN(C(C(=O)O)c2ccccc2)C1. The normalized spacial score (nSPS) is 20.4. The Bertz CT molecular complexity index is 477. The first-order valence-corrected chi connectivity index (χ1v) is 6.48. The molecule has 2 unspecified atom stereocenters. The summed E-state index contributed by atoms with van der Waals surface area (Å²) in [7, 11) is 1.31. The lowest BCUT2D eigenvalue weighted by Crippen LogP contribution is -2.39. The number of hydrogen-bond acceptors (Lipinski definition) is 4. The molecule has 0 aliphatic carbocycles. The molecule has 2 rings (SSSR count). The van der Waals surface area contributed by atoms with E-state index in [-0.39, 0.29) is 6.04 Å². The summed E-state index contributed by atoms with van der Waals surface area (Å²) in [5, 5.41) is 12.2. The minimum atomic E-state index is -0.880. The minimum absolute atomic E-state index is 0.0759. The van der Waals surface area contributed by atoms with Gasteiger partial charge in [-0.1, -0.05) is 30.3 Å². The van der Waals surface area contributed by atoms with Gasteiger partial charge < -0.3 is 15.2 Å². The van der Waals surface area contributed by atoms with Crippen LogP contribution in [-0.4, -0.2) is 48.3 Å². The molecule has 0 saturated carbocycles. The Morgan fingerprint density at radius 1 is 1.40 bits per heavy atom. The van der Waals surface area contributed by atoms with E-state index in [0.717, 1.165) is 5.56 Å². The number of aliphatic carboxylic acids is 1. The third-order valence-electron chi connectivity index (χ3n) is 3.44. The largest absolute Gasteiger partial charge is 0.480 e. The lowest BCUT2D eigenvalue weighted by Gasteiger charge is -2.24. The highest BCUT2D eigenvalue weighted by atomic mass is 16.5. The molecule has 2 N–H and O–H groups in total. The quantitative estimate of drug-likeness (QED) is 0.866. The van der Waals surface area contributed by atoms with E-state index >= 15 is 0 Å². The van der Waals surface area contributed by atoms with Crippen LogP contribution in [0.4, 0.5) is 4.79 Å². The number of methoxy groups -OCH3 is 1. The molecule has 2 atom stereocenters. The van der Waals surface area contributed by atoms with Gasteiger partial charge in [0, 0.05) is 19.1 Å². The molecule has 1 fully saturated rings. The van der Waals surface area contributed by atoms with E-state index in [4.69, 9.17) is 0 Å². The van der Waals surface area contributed by atoms with Crippen molar-refractivity contribution in [2.45, 2.75) is 18.5 Å². The van der Waals surface area contributed by atoms with Gasteiger partial charge in [-0.25, -0.2) is 4.79 Å². The van der Waals surface area contributed by atoms with Gasteiger partial charge in [0.1, 0.15) is 6.04 Å². The number of carboxylic acid groups (broad SMARTS) is 1. The highest BCUT2D eigenvalue weighted by Crippen LogP contribution is 2.25. The van der Waals surface area contributed by atoms with Crippen molar-refractivity contribution >= 4 is 12.1 Å². The summed E-state index contributed by atoms with van der Waals surface area (Å²) in [6.45, 7) is 1.13. The van der Waals surface area contributed by atoms with Gasteiger partial charge in [-0.15, -0.1) is 0 Å². The molecule has 0 radical (unpaired) electrons. The highest BCUT2D eigenvalue weighted by Gasteiger charge is 2.34. The zero-order chi connectivity index (χ0) is 14.5.